The number of benzene rings is 3. The van der Waals surface area contributed by atoms with Crippen LogP contribution in [-0.2, 0) is 6.54 Å². The highest BCUT2D eigenvalue weighted by Crippen LogP contribution is 2.41. The second-order valence-electron chi connectivity index (χ2n) is 8.25. The van der Waals surface area contributed by atoms with E-state index in [0.29, 0.717) is 0 Å². The van der Waals surface area contributed by atoms with E-state index in [1.54, 1.807) is 11.8 Å². The van der Waals surface area contributed by atoms with Gasteiger partial charge in [-0.05, 0) is 36.2 Å². The molecule has 3 aromatic carbocycles. The molecule has 1 amide bonds. The zero-order valence-corrected chi connectivity index (χ0v) is 19.1. The van der Waals surface area contributed by atoms with Crippen molar-refractivity contribution < 1.29 is 4.79 Å². The molecule has 32 heavy (non-hydrogen) atoms. The zero-order valence-electron chi connectivity index (χ0n) is 18.3. The fourth-order valence-corrected chi connectivity index (χ4v) is 5.37. The summed E-state index contributed by atoms with van der Waals surface area (Å²) < 4.78 is 0. The number of hydrogen-bond acceptors (Lipinski definition) is 4. The Morgan fingerprint density at radius 1 is 0.906 bits per heavy atom. The van der Waals surface area contributed by atoms with E-state index in [9.17, 15) is 4.79 Å². The average Bonchev–Trinajstić information content (AvgIpc) is 3.00. The minimum absolute atomic E-state index is 0.104. The first-order valence-electron chi connectivity index (χ1n) is 11.3. The van der Waals surface area contributed by atoms with Gasteiger partial charge in [0.05, 0.1) is 5.69 Å². The molecular weight excluding hydrogens is 414 g/mol. The molecule has 0 aliphatic carbocycles. The van der Waals surface area contributed by atoms with Crippen molar-refractivity contribution in [1.82, 2.24) is 9.80 Å². The monoisotopic (exact) mass is 441 g/mol. The molecule has 2 aliphatic heterocycles. The maximum Gasteiger partial charge on any atom is 0.254 e. The summed E-state index contributed by atoms with van der Waals surface area (Å²) in [7, 11) is 0. The Morgan fingerprint density at radius 3 is 2.44 bits per heavy atom. The van der Waals surface area contributed by atoms with Crippen molar-refractivity contribution in [3.05, 3.63) is 89.5 Å². The van der Waals surface area contributed by atoms with Gasteiger partial charge in [0, 0.05) is 59.4 Å². The summed E-state index contributed by atoms with van der Waals surface area (Å²) in [5.74, 6) is 0.104. The second-order valence-corrected chi connectivity index (χ2v) is 9.33. The third-order valence-corrected chi connectivity index (χ3v) is 7.26. The van der Waals surface area contributed by atoms with Crippen molar-refractivity contribution >= 4 is 29.1 Å². The van der Waals surface area contributed by atoms with Gasteiger partial charge in [0.25, 0.3) is 5.91 Å². The molecule has 0 radical (unpaired) electrons. The van der Waals surface area contributed by atoms with Crippen molar-refractivity contribution in [2.24, 2.45) is 4.99 Å². The molecule has 0 saturated carbocycles. The lowest BCUT2D eigenvalue weighted by atomic mass is 10.1. The summed E-state index contributed by atoms with van der Waals surface area (Å²) in [5, 5.41) is 0. The largest absolute Gasteiger partial charge is 0.336 e. The number of amides is 1. The Morgan fingerprint density at radius 2 is 1.66 bits per heavy atom. The number of hydrogen-bond donors (Lipinski definition) is 0. The minimum atomic E-state index is 0.104. The molecule has 0 aromatic heterocycles. The Kier molecular flexibility index (Phi) is 6.10. The quantitative estimate of drug-likeness (QED) is 0.526. The smallest absolute Gasteiger partial charge is 0.254 e. The van der Waals surface area contributed by atoms with Crippen LogP contribution < -0.4 is 0 Å². The number of fused-ring (bicyclic) bond motifs is 2. The van der Waals surface area contributed by atoms with Gasteiger partial charge in [0.15, 0.2) is 0 Å². The first-order chi connectivity index (χ1) is 15.7. The topological polar surface area (TPSA) is 35.9 Å². The van der Waals surface area contributed by atoms with E-state index in [-0.39, 0.29) is 5.91 Å². The first kappa shape index (κ1) is 21.0. The lowest BCUT2D eigenvalue weighted by Gasteiger charge is -2.34. The van der Waals surface area contributed by atoms with Crippen LogP contribution >= 0.6 is 11.8 Å². The molecule has 4 nitrogen and oxygen atoms in total. The van der Waals surface area contributed by atoms with Gasteiger partial charge < -0.3 is 4.90 Å². The van der Waals surface area contributed by atoms with Gasteiger partial charge in [0.2, 0.25) is 0 Å². The SMILES string of the molecule is CCC1=Nc2cc(C(=O)N3CCN(Cc4ccccc4)CC3)ccc2Sc2ccccc21. The number of carbonyl (C=O) groups is 1. The molecule has 2 heterocycles. The van der Waals surface area contributed by atoms with Gasteiger partial charge >= 0.3 is 0 Å². The molecule has 162 valence electrons. The van der Waals surface area contributed by atoms with Crippen LogP contribution in [0.2, 0.25) is 0 Å². The van der Waals surface area contributed by atoms with Crippen LogP contribution in [0.1, 0.15) is 34.8 Å². The van der Waals surface area contributed by atoms with Crippen LogP contribution in [0, 0.1) is 0 Å². The van der Waals surface area contributed by atoms with Crippen molar-refractivity contribution in [2.75, 3.05) is 26.2 Å². The highest BCUT2D eigenvalue weighted by atomic mass is 32.2. The third kappa shape index (κ3) is 4.36. The molecule has 0 spiro atoms. The van der Waals surface area contributed by atoms with Crippen molar-refractivity contribution in [1.29, 1.82) is 0 Å². The Hall–Kier alpha value is -2.89. The molecule has 1 saturated heterocycles. The fraction of sp³-hybridized carbons (Fsp3) is 0.259. The molecule has 0 atom stereocenters. The number of aliphatic imine (C=N–C) groups is 1. The van der Waals surface area contributed by atoms with Crippen LogP contribution in [-0.4, -0.2) is 47.6 Å². The van der Waals surface area contributed by atoms with E-state index in [4.69, 9.17) is 4.99 Å². The number of nitrogens with zero attached hydrogens (tertiary/aromatic N) is 3. The van der Waals surface area contributed by atoms with Crippen LogP contribution in [0.3, 0.4) is 0 Å². The van der Waals surface area contributed by atoms with Gasteiger partial charge in [-0.3, -0.25) is 14.7 Å². The molecule has 5 heteroatoms. The Labute approximate surface area is 194 Å². The van der Waals surface area contributed by atoms with E-state index >= 15 is 0 Å². The third-order valence-electron chi connectivity index (χ3n) is 6.12. The van der Waals surface area contributed by atoms with Gasteiger partial charge in [-0.2, -0.15) is 0 Å². The molecule has 5 rings (SSSR count). The van der Waals surface area contributed by atoms with Crippen LogP contribution in [0.15, 0.2) is 87.6 Å². The lowest BCUT2D eigenvalue weighted by Crippen LogP contribution is -2.48. The minimum Gasteiger partial charge on any atom is -0.336 e. The van der Waals surface area contributed by atoms with Crippen molar-refractivity contribution in [2.45, 2.75) is 29.7 Å². The molecule has 0 unspecified atom stereocenters. The molecule has 2 aliphatic rings. The van der Waals surface area contributed by atoms with E-state index in [2.05, 4.69) is 66.4 Å². The standard InChI is InChI=1S/C27H27N3OS/c1-2-23-22-10-6-7-11-25(22)32-26-13-12-21(18-24(26)28-23)27(31)30-16-14-29(15-17-30)19-20-8-4-3-5-9-20/h3-13,18H,2,14-17,19H2,1H3. The van der Waals surface area contributed by atoms with Gasteiger partial charge in [-0.1, -0.05) is 67.2 Å². The molecule has 1 fully saturated rings. The lowest BCUT2D eigenvalue weighted by molar-refractivity contribution is 0.0628. The van der Waals surface area contributed by atoms with Gasteiger partial charge in [-0.15, -0.1) is 0 Å². The summed E-state index contributed by atoms with van der Waals surface area (Å²) in [4.78, 5) is 24.9. The number of rotatable bonds is 4. The predicted molar refractivity (Wildman–Crippen MR) is 131 cm³/mol. The zero-order chi connectivity index (χ0) is 21.9. The second kappa shape index (κ2) is 9.31. The fourth-order valence-electron chi connectivity index (χ4n) is 4.34. The number of carbonyl (C=O) groups excluding carboxylic acids is 1. The molecular formula is C27H27N3OS. The van der Waals surface area contributed by atoms with Gasteiger partial charge in [-0.25, -0.2) is 0 Å². The summed E-state index contributed by atoms with van der Waals surface area (Å²) in [5.41, 5.74) is 5.22. The molecule has 0 N–H and O–H groups in total. The maximum atomic E-state index is 13.3. The highest BCUT2D eigenvalue weighted by Gasteiger charge is 2.24. The van der Waals surface area contributed by atoms with E-state index in [0.717, 1.165) is 61.0 Å². The van der Waals surface area contributed by atoms with Crippen LogP contribution in [0.4, 0.5) is 5.69 Å². The summed E-state index contributed by atoms with van der Waals surface area (Å²) in [6, 6.07) is 24.9. The van der Waals surface area contributed by atoms with Crippen LogP contribution in [0.25, 0.3) is 0 Å². The van der Waals surface area contributed by atoms with Crippen LogP contribution in [0.5, 0.6) is 0 Å². The maximum absolute atomic E-state index is 13.3. The highest BCUT2D eigenvalue weighted by molar-refractivity contribution is 7.99. The molecule has 0 bridgehead atoms. The van der Waals surface area contributed by atoms with Crippen molar-refractivity contribution in [3.63, 3.8) is 0 Å². The van der Waals surface area contributed by atoms with E-state index in [1.807, 2.05) is 23.1 Å². The average molecular weight is 442 g/mol. The summed E-state index contributed by atoms with van der Waals surface area (Å²) in [6.45, 7) is 6.38. The summed E-state index contributed by atoms with van der Waals surface area (Å²) >= 11 is 1.73. The first-order valence-corrected chi connectivity index (χ1v) is 12.1. The predicted octanol–water partition coefficient (Wildman–Crippen LogP) is 5.64. The van der Waals surface area contributed by atoms with Gasteiger partial charge in [0.1, 0.15) is 0 Å². The van der Waals surface area contributed by atoms with Crippen molar-refractivity contribution in [3.8, 4) is 0 Å². The Bertz CT molecular complexity index is 1150. The summed E-state index contributed by atoms with van der Waals surface area (Å²) in [6.07, 6.45) is 0.860. The van der Waals surface area contributed by atoms with E-state index in [1.165, 1.54) is 16.0 Å². The molecule has 3 aromatic rings. The Balaban J connectivity index is 1.31. The normalized spacial score (nSPS) is 16.0. The van der Waals surface area contributed by atoms with E-state index < -0.39 is 0 Å². The number of piperazine rings is 1.